The van der Waals surface area contributed by atoms with Crippen molar-refractivity contribution in [2.75, 3.05) is 52.9 Å². The molecular formula is C18H33N3. The molecule has 3 heteroatoms. The van der Waals surface area contributed by atoms with E-state index in [1.807, 2.05) is 0 Å². The predicted molar refractivity (Wildman–Crippen MR) is 89.6 cm³/mol. The molecule has 0 aromatic heterocycles. The lowest BCUT2D eigenvalue weighted by Crippen LogP contribution is -2.52. The average molecular weight is 291 g/mol. The van der Waals surface area contributed by atoms with E-state index >= 15 is 0 Å². The van der Waals surface area contributed by atoms with E-state index in [4.69, 9.17) is 0 Å². The molecule has 2 heterocycles. The number of piperazine rings is 1. The number of nitrogens with zero attached hydrogens (tertiary/aromatic N) is 3. The van der Waals surface area contributed by atoms with Crippen molar-refractivity contribution in [3.05, 3.63) is 12.2 Å². The fourth-order valence-corrected chi connectivity index (χ4v) is 4.21. The minimum absolute atomic E-state index is 0.814. The van der Waals surface area contributed by atoms with Gasteiger partial charge in [0.2, 0.25) is 0 Å². The van der Waals surface area contributed by atoms with Gasteiger partial charge in [0.05, 0.1) is 0 Å². The summed E-state index contributed by atoms with van der Waals surface area (Å²) in [4.78, 5) is 8.01. The van der Waals surface area contributed by atoms with Gasteiger partial charge in [-0.1, -0.05) is 18.6 Å². The van der Waals surface area contributed by atoms with Crippen LogP contribution in [0.1, 0.15) is 38.5 Å². The summed E-state index contributed by atoms with van der Waals surface area (Å²) in [6.45, 7) is 9.09. The highest BCUT2D eigenvalue weighted by molar-refractivity contribution is 4.91. The van der Waals surface area contributed by atoms with E-state index in [1.165, 1.54) is 84.3 Å². The van der Waals surface area contributed by atoms with Crippen LogP contribution in [0.15, 0.2) is 12.2 Å². The number of allylic oxidation sites excluding steroid dienone is 2. The van der Waals surface area contributed by atoms with Crippen LogP contribution in [0.3, 0.4) is 0 Å². The smallest absolute Gasteiger partial charge is 0.0220 e. The van der Waals surface area contributed by atoms with Gasteiger partial charge in [0.15, 0.2) is 0 Å². The first-order valence-corrected chi connectivity index (χ1v) is 9.11. The molecule has 3 rings (SSSR count). The Labute approximate surface area is 131 Å². The maximum absolute atomic E-state index is 2.71. The highest BCUT2D eigenvalue weighted by atomic mass is 15.3. The Morgan fingerprint density at radius 3 is 2.29 bits per heavy atom. The van der Waals surface area contributed by atoms with Crippen LogP contribution in [-0.2, 0) is 0 Å². The Hall–Kier alpha value is -0.380. The largest absolute Gasteiger partial charge is 0.302 e. The zero-order valence-corrected chi connectivity index (χ0v) is 13.8. The number of piperidine rings is 1. The Kier molecular flexibility index (Phi) is 5.73. The number of rotatable bonds is 4. The van der Waals surface area contributed by atoms with Crippen LogP contribution < -0.4 is 0 Å². The third-order valence-corrected chi connectivity index (χ3v) is 5.75. The third kappa shape index (κ3) is 4.54. The van der Waals surface area contributed by atoms with Crippen molar-refractivity contribution in [3.8, 4) is 0 Å². The van der Waals surface area contributed by atoms with E-state index in [0.717, 1.165) is 12.0 Å². The molecule has 0 spiro atoms. The number of hydrogen-bond acceptors (Lipinski definition) is 3. The molecule has 1 aliphatic carbocycles. The van der Waals surface area contributed by atoms with E-state index in [-0.39, 0.29) is 0 Å². The molecule has 2 atom stereocenters. The van der Waals surface area contributed by atoms with Crippen molar-refractivity contribution in [1.29, 1.82) is 0 Å². The lowest BCUT2D eigenvalue weighted by molar-refractivity contribution is 0.0771. The average Bonchev–Trinajstić information content (AvgIpc) is 2.52. The van der Waals surface area contributed by atoms with Gasteiger partial charge >= 0.3 is 0 Å². The molecular weight excluding hydrogens is 258 g/mol. The molecule has 3 nitrogen and oxygen atoms in total. The normalized spacial score (nSPS) is 33.4. The standard InChI is InChI=1S/C18H33N3/c1-19-10-6-5-9-18(19)16-21-13-11-20(12-14-21)15-17-7-3-2-4-8-17/h2-3,17-18H,4-16H2,1H3. The maximum Gasteiger partial charge on any atom is 0.0220 e. The summed E-state index contributed by atoms with van der Waals surface area (Å²) in [5.74, 6) is 0.922. The van der Waals surface area contributed by atoms with E-state index in [1.54, 1.807) is 0 Å². The van der Waals surface area contributed by atoms with Crippen LogP contribution in [0.25, 0.3) is 0 Å². The molecule has 2 saturated heterocycles. The van der Waals surface area contributed by atoms with Crippen molar-refractivity contribution in [2.45, 2.75) is 44.6 Å². The second-order valence-corrected chi connectivity index (χ2v) is 7.38. The summed E-state index contributed by atoms with van der Waals surface area (Å²) in [5.41, 5.74) is 0. The van der Waals surface area contributed by atoms with Crippen molar-refractivity contribution in [3.63, 3.8) is 0 Å². The van der Waals surface area contributed by atoms with Crippen LogP contribution in [0.2, 0.25) is 0 Å². The van der Waals surface area contributed by atoms with Gasteiger partial charge in [0.25, 0.3) is 0 Å². The Morgan fingerprint density at radius 2 is 1.62 bits per heavy atom. The maximum atomic E-state index is 2.71. The lowest BCUT2D eigenvalue weighted by Gasteiger charge is -2.41. The van der Waals surface area contributed by atoms with Gasteiger partial charge in [0.1, 0.15) is 0 Å². The molecule has 0 N–H and O–H groups in total. The second kappa shape index (κ2) is 7.75. The summed E-state index contributed by atoms with van der Waals surface area (Å²) in [6, 6.07) is 0.814. The van der Waals surface area contributed by atoms with Gasteiger partial charge in [-0.2, -0.15) is 0 Å². The van der Waals surface area contributed by atoms with Gasteiger partial charge in [0, 0.05) is 45.3 Å². The minimum Gasteiger partial charge on any atom is -0.302 e. The van der Waals surface area contributed by atoms with E-state index in [9.17, 15) is 0 Å². The van der Waals surface area contributed by atoms with Crippen molar-refractivity contribution in [2.24, 2.45) is 5.92 Å². The summed E-state index contributed by atoms with van der Waals surface area (Å²) >= 11 is 0. The topological polar surface area (TPSA) is 9.72 Å². The predicted octanol–water partition coefficient (Wildman–Crippen LogP) is 2.44. The van der Waals surface area contributed by atoms with Gasteiger partial charge < -0.3 is 9.80 Å². The first-order chi connectivity index (χ1) is 10.3. The van der Waals surface area contributed by atoms with Crippen molar-refractivity contribution < 1.29 is 0 Å². The molecule has 0 saturated carbocycles. The summed E-state index contributed by atoms with van der Waals surface area (Å²) in [5, 5.41) is 0. The van der Waals surface area contributed by atoms with Gasteiger partial charge in [-0.3, -0.25) is 4.90 Å². The summed E-state index contributed by atoms with van der Waals surface area (Å²) < 4.78 is 0. The Morgan fingerprint density at radius 1 is 0.857 bits per heavy atom. The summed E-state index contributed by atoms with van der Waals surface area (Å²) in [7, 11) is 2.32. The van der Waals surface area contributed by atoms with Gasteiger partial charge in [-0.05, 0) is 51.6 Å². The molecule has 2 unspecified atom stereocenters. The molecule has 0 bridgehead atoms. The third-order valence-electron chi connectivity index (χ3n) is 5.75. The molecule has 3 aliphatic rings. The number of hydrogen-bond donors (Lipinski definition) is 0. The highest BCUT2D eigenvalue weighted by Gasteiger charge is 2.25. The van der Waals surface area contributed by atoms with E-state index in [0.29, 0.717) is 0 Å². The first-order valence-electron chi connectivity index (χ1n) is 9.11. The highest BCUT2D eigenvalue weighted by Crippen LogP contribution is 2.21. The Bertz CT molecular complexity index is 333. The molecule has 120 valence electrons. The fourth-order valence-electron chi connectivity index (χ4n) is 4.21. The molecule has 2 aliphatic heterocycles. The van der Waals surface area contributed by atoms with Crippen LogP contribution in [0.5, 0.6) is 0 Å². The fraction of sp³-hybridized carbons (Fsp3) is 0.889. The van der Waals surface area contributed by atoms with Crippen LogP contribution >= 0.6 is 0 Å². The van der Waals surface area contributed by atoms with E-state index < -0.39 is 0 Å². The van der Waals surface area contributed by atoms with Gasteiger partial charge in [-0.15, -0.1) is 0 Å². The molecule has 21 heavy (non-hydrogen) atoms. The number of likely N-dealkylation sites (tertiary alicyclic amines) is 1. The van der Waals surface area contributed by atoms with Crippen LogP contribution in [0.4, 0.5) is 0 Å². The van der Waals surface area contributed by atoms with Crippen molar-refractivity contribution in [1.82, 2.24) is 14.7 Å². The number of likely N-dealkylation sites (N-methyl/N-ethyl adjacent to an activating group) is 1. The molecule has 2 fully saturated rings. The molecule has 0 amide bonds. The zero-order chi connectivity index (χ0) is 14.5. The SMILES string of the molecule is CN1CCCCC1CN1CCN(CC2CC=CCC2)CC1. The van der Waals surface area contributed by atoms with E-state index in [2.05, 4.69) is 33.9 Å². The molecule has 0 radical (unpaired) electrons. The van der Waals surface area contributed by atoms with Crippen LogP contribution in [0, 0.1) is 5.92 Å². The van der Waals surface area contributed by atoms with Crippen LogP contribution in [-0.4, -0.2) is 73.6 Å². The monoisotopic (exact) mass is 291 g/mol. The Balaban J connectivity index is 1.37. The quantitative estimate of drug-likeness (QED) is 0.737. The molecule has 0 aromatic carbocycles. The minimum atomic E-state index is 0.814. The lowest BCUT2D eigenvalue weighted by atomic mass is 9.94. The summed E-state index contributed by atoms with van der Waals surface area (Å²) in [6.07, 6.45) is 13.0. The zero-order valence-electron chi connectivity index (χ0n) is 13.8. The van der Waals surface area contributed by atoms with Crippen molar-refractivity contribution >= 4 is 0 Å². The molecule has 0 aromatic rings. The van der Waals surface area contributed by atoms with Gasteiger partial charge in [-0.25, -0.2) is 0 Å². The second-order valence-electron chi connectivity index (χ2n) is 7.38. The first kappa shape index (κ1) is 15.5.